The van der Waals surface area contributed by atoms with Gasteiger partial charge in [-0.05, 0) is 36.4 Å². The van der Waals surface area contributed by atoms with E-state index in [-0.39, 0.29) is 5.75 Å². The molecule has 19 heavy (non-hydrogen) atoms. The lowest BCUT2D eigenvalue weighted by Gasteiger charge is -2.06. The van der Waals surface area contributed by atoms with Crippen molar-refractivity contribution in [3.05, 3.63) is 58.1 Å². The molecule has 0 aromatic heterocycles. The zero-order valence-electron chi connectivity index (χ0n) is 9.65. The predicted octanol–water partition coefficient (Wildman–Crippen LogP) is 2.91. The number of benzene rings is 2. The molecule has 0 heterocycles. The van der Waals surface area contributed by atoms with Crippen molar-refractivity contribution < 1.29 is 19.6 Å². The van der Waals surface area contributed by atoms with Gasteiger partial charge in [-0.2, -0.15) is 0 Å². The smallest absolute Gasteiger partial charge is 0.314 e. The van der Waals surface area contributed by atoms with Crippen LogP contribution in [0.2, 0.25) is 0 Å². The molecule has 6 heteroatoms. The predicted molar refractivity (Wildman–Crippen MR) is 66.7 cm³/mol. The van der Waals surface area contributed by atoms with Crippen LogP contribution in [0.1, 0.15) is 10.4 Å². The number of nitro groups is 1. The summed E-state index contributed by atoms with van der Waals surface area (Å²) in [6, 6.07) is 10.0. The molecule has 2 rings (SSSR count). The number of rotatable bonds is 4. The fourth-order valence-corrected chi connectivity index (χ4v) is 1.46. The van der Waals surface area contributed by atoms with E-state index in [2.05, 4.69) is 0 Å². The maximum Gasteiger partial charge on any atom is 0.314 e. The molecule has 0 saturated heterocycles. The molecule has 0 aliphatic rings. The fourth-order valence-electron chi connectivity index (χ4n) is 1.46. The van der Waals surface area contributed by atoms with Crippen LogP contribution in [0.25, 0.3) is 0 Å². The molecule has 6 nitrogen and oxygen atoms in total. The molecule has 2 aromatic rings. The van der Waals surface area contributed by atoms with E-state index in [1.165, 1.54) is 12.1 Å². The highest BCUT2D eigenvalue weighted by Gasteiger charge is 2.14. The Morgan fingerprint density at radius 1 is 1.11 bits per heavy atom. The topological polar surface area (TPSA) is 89.7 Å². The fraction of sp³-hybridized carbons (Fsp3) is 0. The molecule has 2 aromatic carbocycles. The van der Waals surface area contributed by atoms with Gasteiger partial charge < -0.3 is 9.84 Å². The maximum atomic E-state index is 10.7. The van der Waals surface area contributed by atoms with Crippen molar-refractivity contribution in [1.29, 1.82) is 0 Å². The van der Waals surface area contributed by atoms with E-state index in [0.29, 0.717) is 17.6 Å². The van der Waals surface area contributed by atoms with Crippen LogP contribution < -0.4 is 4.74 Å². The Morgan fingerprint density at radius 3 is 2.32 bits per heavy atom. The monoisotopic (exact) mass is 259 g/mol. The number of phenolic OH excluding ortho intramolecular Hbond substituents is 1. The second-order valence-electron chi connectivity index (χ2n) is 3.70. The molecule has 0 saturated carbocycles. The van der Waals surface area contributed by atoms with E-state index in [1.807, 2.05) is 0 Å². The highest BCUT2D eigenvalue weighted by Crippen LogP contribution is 2.32. The Morgan fingerprint density at radius 2 is 1.74 bits per heavy atom. The Labute approximate surface area is 108 Å². The zero-order valence-corrected chi connectivity index (χ0v) is 9.65. The van der Waals surface area contributed by atoms with Gasteiger partial charge >= 0.3 is 5.69 Å². The second-order valence-corrected chi connectivity index (χ2v) is 3.70. The van der Waals surface area contributed by atoms with E-state index >= 15 is 0 Å². The third kappa shape index (κ3) is 2.86. The number of carbonyl (C=O) groups is 1. The molecule has 96 valence electrons. The van der Waals surface area contributed by atoms with E-state index in [4.69, 9.17) is 4.74 Å². The van der Waals surface area contributed by atoms with E-state index < -0.39 is 16.4 Å². The summed E-state index contributed by atoms with van der Waals surface area (Å²) in [7, 11) is 0. The first-order valence-electron chi connectivity index (χ1n) is 5.30. The Bertz CT molecular complexity index is 621. The normalized spacial score (nSPS) is 9.89. The number of carbonyl (C=O) groups excluding carboxylic acids is 1. The largest absolute Gasteiger partial charge is 0.502 e. The highest BCUT2D eigenvalue weighted by molar-refractivity contribution is 5.74. The van der Waals surface area contributed by atoms with Crippen LogP contribution in [0.5, 0.6) is 17.2 Å². The third-order valence-corrected chi connectivity index (χ3v) is 2.40. The average molecular weight is 259 g/mol. The molecule has 0 fully saturated rings. The van der Waals surface area contributed by atoms with E-state index in [1.54, 1.807) is 24.3 Å². The number of nitrogens with zero attached hydrogens (tertiary/aromatic N) is 1. The van der Waals surface area contributed by atoms with Crippen LogP contribution >= 0.6 is 0 Å². The molecular weight excluding hydrogens is 250 g/mol. The van der Waals surface area contributed by atoms with Gasteiger partial charge in [0.25, 0.3) is 0 Å². The highest BCUT2D eigenvalue weighted by atomic mass is 16.6. The molecule has 1 N–H and O–H groups in total. The minimum Gasteiger partial charge on any atom is -0.502 e. The van der Waals surface area contributed by atoms with Crippen LogP contribution in [-0.4, -0.2) is 16.3 Å². The van der Waals surface area contributed by atoms with Gasteiger partial charge in [-0.1, -0.05) is 0 Å². The first-order chi connectivity index (χ1) is 9.10. The number of aromatic hydroxyl groups is 1. The standard InChI is InChI=1S/C13H9NO5/c15-8-9-1-3-10(4-2-9)19-11-5-6-13(16)12(7-11)14(17)18/h1-8,16H. The molecule has 0 aliphatic carbocycles. The van der Waals surface area contributed by atoms with Gasteiger partial charge in [0.15, 0.2) is 5.75 Å². The Hall–Kier alpha value is -2.89. The third-order valence-electron chi connectivity index (χ3n) is 2.40. The van der Waals surface area contributed by atoms with Gasteiger partial charge in [-0.3, -0.25) is 14.9 Å². The van der Waals surface area contributed by atoms with Crippen molar-refractivity contribution in [1.82, 2.24) is 0 Å². The SMILES string of the molecule is O=Cc1ccc(Oc2ccc(O)c([N+](=O)[O-])c2)cc1. The summed E-state index contributed by atoms with van der Waals surface area (Å²) in [5.74, 6) is 0.239. The van der Waals surface area contributed by atoms with Gasteiger partial charge in [-0.25, -0.2) is 0 Å². The lowest BCUT2D eigenvalue weighted by atomic mass is 10.2. The second kappa shape index (κ2) is 5.18. The summed E-state index contributed by atoms with van der Waals surface area (Å²) in [6.45, 7) is 0. The van der Waals surface area contributed by atoms with Gasteiger partial charge in [0.05, 0.1) is 11.0 Å². The van der Waals surface area contributed by atoms with Crippen molar-refractivity contribution >= 4 is 12.0 Å². The number of hydrogen-bond donors (Lipinski definition) is 1. The van der Waals surface area contributed by atoms with Crippen LogP contribution in [0, 0.1) is 10.1 Å². The molecule has 0 radical (unpaired) electrons. The molecule has 0 spiro atoms. The van der Waals surface area contributed by atoms with Crippen LogP contribution in [0.3, 0.4) is 0 Å². The number of ether oxygens (including phenoxy) is 1. The van der Waals surface area contributed by atoms with Crippen LogP contribution in [-0.2, 0) is 0 Å². The van der Waals surface area contributed by atoms with Crippen LogP contribution in [0.4, 0.5) is 5.69 Å². The Kier molecular flexibility index (Phi) is 3.42. The molecular formula is C13H9NO5. The molecule has 0 aliphatic heterocycles. The summed E-state index contributed by atoms with van der Waals surface area (Å²) in [4.78, 5) is 20.5. The summed E-state index contributed by atoms with van der Waals surface area (Å²) in [6.07, 6.45) is 0.704. The zero-order chi connectivity index (χ0) is 13.8. The Balaban J connectivity index is 2.25. The number of phenols is 1. The number of nitro benzene ring substituents is 1. The first-order valence-corrected chi connectivity index (χ1v) is 5.30. The van der Waals surface area contributed by atoms with Crippen molar-refractivity contribution in [3.63, 3.8) is 0 Å². The molecule has 0 amide bonds. The minimum atomic E-state index is -0.697. The first kappa shape index (κ1) is 12.6. The molecule has 0 atom stereocenters. The molecule has 0 bridgehead atoms. The van der Waals surface area contributed by atoms with Gasteiger partial charge in [-0.15, -0.1) is 0 Å². The summed E-state index contributed by atoms with van der Waals surface area (Å²) in [5.41, 5.74) is 0.0750. The van der Waals surface area contributed by atoms with Crippen molar-refractivity contribution in [2.45, 2.75) is 0 Å². The summed E-state index contributed by atoms with van der Waals surface area (Å²) >= 11 is 0. The quantitative estimate of drug-likeness (QED) is 0.518. The summed E-state index contributed by atoms with van der Waals surface area (Å²) < 4.78 is 5.39. The van der Waals surface area contributed by atoms with Crippen molar-refractivity contribution in [2.75, 3.05) is 0 Å². The van der Waals surface area contributed by atoms with Gasteiger partial charge in [0, 0.05) is 5.56 Å². The average Bonchev–Trinajstić information content (AvgIpc) is 2.41. The van der Waals surface area contributed by atoms with Crippen molar-refractivity contribution in [2.24, 2.45) is 0 Å². The maximum absolute atomic E-state index is 10.7. The summed E-state index contributed by atoms with van der Waals surface area (Å²) in [5, 5.41) is 20.0. The number of aldehydes is 1. The lowest BCUT2D eigenvalue weighted by Crippen LogP contribution is -1.90. The minimum absolute atomic E-state index is 0.225. The van der Waals surface area contributed by atoms with E-state index in [9.17, 15) is 20.0 Å². The van der Waals surface area contributed by atoms with Gasteiger partial charge in [0.2, 0.25) is 0 Å². The lowest BCUT2D eigenvalue weighted by molar-refractivity contribution is -0.385. The van der Waals surface area contributed by atoms with E-state index in [0.717, 1.165) is 6.07 Å². The van der Waals surface area contributed by atoms with Crippen LogP contribution in [0.15, 0.2) is 42.5 Å². The molecule has 0 unspecified atom stereocenters. The van der Waals surface area contributed by atoms with Gasteiger partial charge in [0.1, 0.15) is 17.8 Å². The number of hydrogen-bond acceptors (Lipinski definition) is 5. The van der Waals surface area contributed by atoms with Crippen molar-refractivity contribution in [3.8, 4) is 17.2 Å².